The summed E-state index contributed by atoms with van der Waals surface area (Å²) in [6.45, 7) is 2.15. The van der Waals surface area contributed by atoms with E-state index in [9.17, 15) is 19.0 Å². The third kappa shape index (κ3) is 4.14. The first-order chi connectivity index (χ1) is 11.9. The second-order valence-corrected chi connectivity index (χ2v) is 6.41. The fraction of sp³-hybridized carbons (Fsp3) is 0.316. The van der Waals surface area contributed by atoms with Crippen LogP contribution in [0.15, 0.2) is 47.5 Å². The lowest BCUT2D eigenvalue weighted by molar-refractivity contribution is 0.140. The van der Waals surface area contributed by atoms with Gasteiger partial charge in [-0.05, 0) is 48.7 Å². The van der Waals surface area contributed by atoms with Crippen molar-refractivity contribution in [3.05, 3.63) is 65.2 Å². The molecule has 0 bridgehead atoms. The monoisotopic (exact) mass is 346 g/mol. The van der Waals surface area contributed by atoms with Gasteiger partial charge in [0.15, 0.2) is 0 Å². The van der Waals surface area contributed by atoms with Gasteiger partial charge in [0, 0.05) is 12.6 Å². The molecule has 1 aliphatic rings. The van der Waals surface area contributed by atoms with E-state index in [-0.39, 0.29) is 11.8 Å². The number of hydrogen-bond donors (Lipinski definition) is 2. The van der Waals surface area contributed by atoms with Gasteiger partial charge in [0.1, 0.15) is 17.4 Å². The molecule has 3 unspecified atom stereocenters. The molecule has 0 spiro atoms. The molecule has 3 rings (SSSR count). The van der Waals surface area contributed by atoms with Crippen molar-refractivity contribution in [1.29, 1.82) is 0 Å². The molecule has 1 heterocycles. The normalized spacial score (nSPS) is 20.9. The first-order valence-electron chi connectivity index (χ1n) is 8.13. The van der Waals surface area contributed by atoms with Crippen LogP contribution in [0.3, 0.4) is 0 Å². The lowest BCUT2D eigenvalue weighted by Gasteiger charge is -2.29. The van der Waals surface area contributed by atoms with E-state index in [1.165, 1.54) is 12.1 Å². The van der Waals surface area contributed by atoms with Crippen molar-refractivity contribution < 1.29 is 19.0 Å². The summed E-state index contributed by atoms with van der Waals surface area (Å²) in [5.41, 5.74) is 1.32. The number of aliphatic hydroxyl groups excluding tert-OH is 1. The van der Waals surface area contributed by atoms with Crippen molar-refractivity contribution in [3.8, 4) is 5.75 Å². The van der Waals surface area contributed by atoms with Crippen LogP contribution in [0.5, 0.6) is 5.75 Å². The zero-order valence-corrected chi connectivity index (χ0v) is 13.8. The third-order valence-corrected chi connectivity index (χ3v) is 4.25. The molecule has 6 heteroatoms. The van der Waals surface area contributed by atoms with Crippen LogP contribution in [0.4, 0.5) is 8.78 Å². The Morgan fingerprint density at radius 3 is 2.52 bits per heavy atom. The molecule has 0 saturated heterocycles. The van der Waals surface area contributed by atoms with Crippen molar-refractivity contribution >= 4 is 6.34 Å². The number of phenols is 1. The molecule has 4 nitrogen and oxygen atoms in total. The summed E-state index contributed by atoms with van der Waals surface area (Å²) in [4.78, 5) is 6.34. The number of rotatable bonds is 5. The molecular formula is C19H20F2N2O2. The van der Waals surface area contributed by atoms with E-state index in [1.54, 1.807) is 31.5 Å². The predicted octanol–water partition coefficient (Wildman–Crippen LogP) is 3.40. The molecule has 0 amide bonds. The van der Waals surface area contributed by atoms with Gasteiger partial charge >= 0.3 is 0 Å². The topological polar surface area (TPSA) is 56.1 Å². The summed E-state index contributed by atoms with van der Waals surface area (Å²) in [7, 11) is 0. The number of aromatic hydroxyl groups is 1. The van der Waals surface area contributed by atoms with Crippen LogP contribution in [0.2, 0.25) is 0 Å². The van der Waals surface area contributed by atoms with Gasteiger partial charge < -0.3 is 15.1 Å². The number of hydrogen-bond acceptors (Lipinski definition) is 4. The fourth-order valence-electron chi connectivity index (χ4n) is 3.22. The Hall–Kier alpha value is -2.47. The maximum atomic E-state index is 13.6. The maximum absolute atomic E-state index is 13.6. The van der Waals surface area contributed by atoms with Crippen LogP contribution in [0.1, 0.15) is 30.5 Å². The van der Waals surface area contributed by atoms with E-state index in [4.69, 9.17) is 0 Å². The van der Waals surface area contributed by atoms with Gasteiger partial charge in [-0.25, -0.2) is 8.78 Å². The molecule has 25 heavy (non-hydrogen) atoms. The van der Waals surface area contributed by atoms with Crippen LogP contribution in [-0.4, -0.2) is 33.6 Å². The minimum Gasteiger partial charge on any atom is -0.508 e. The van der Waals surface area contributed by atoms with Crippen molar-refractivity contribution in [2.24, 2.45) is 4.99 Å². The molecule has 132 valence electrons. The SMILES string of the molecule is CC(O)CC1C(c2cc(F)cc(F)c2)N=CN1Cc1cccc(O)c1. The molecule has 0 aliphatic carbocycles. The highest BCUT2D eigenvalue weighted by atomic mass is 19.1. The Labute approximate surface area is 145 Å². The predicted molar refractivity (Wildman–Crippen MR) is 91.3 cm³/mol. The zero-order valence-electron chi connectivity index (χ0n) is 13.8. The van der Waals surface area contributed by atoms with Crippen LogP contribution in [0.25, 0.3) is 0 Å². The van der Waals surface area contributed by atoms with Gasteiger partial charge in [-0.2, -0.15) is 0 Å². The van der Waals surface area contributed by atoms with E-state index in [1.807, 2.05) is 11.0 Å². The molecule has 2 aromatic rings. The highest BCUT2D eigenvalue weighted by Gasteiger charge is 2.33. The summed E-state index contributed by atoms with van der Waals surface area (Å²) < 4.78 is 27.2. The Bertz CT molecular complexity index is 760. The van der Waals surface area contributed by atoms with Gasteiger partial charge in [0.05, 0.1) is 24.5 Å². The second-order valence-electron chi connectivity index (χ2n) is 6.41. The minimum absolute atomic E-state index is 0.171. The average molecular weight is 346 g/mol. The fourth-order valence-corrected chi connectivity index (χ4v) is 3.22. The summed E-state index contributed by atoms with van der Waals surface area (Å²) in [6.07, 6.45) is 1.46. The quantitative estimate of drug-likeness (QED) is 0.872. The smallest absolute Gasteiger partial charge is 0.126 e. The number of aliphatic imine (C=N–C) groups is 1. The molecule has 2 aromatic carbocycles. The van der Waals surface area contributed by atoms with Crippen LogP contribution in [0, 0.1) is 11.6 Å². The van der Waals surface area contributed by atoms with Crippen LogP contribution in [-0.2, 0) is 6.54 Å². The summed E-state index contributed by atoms with van der Waals surface area (Å²) in [5, 5.41) is 19.5. The molecule has 1 aliphatic heterocycles. The Morgan fingerprint density at radius 2 is 1.88 bits per heavy atom. The molecule has 2 N–H and O–H groups in total. The van der Waals surface area contributed by atoms with Crippen LogP contribution >= 0.6 is 0 Å². The largest absolute Gasteiger partial charge is 0.508 e. The van der Waals surface area contributed by atoms with Crippen molar-refractivity contribution in [2.75, 3.05) is 0 Å². The highest BCUT2D eigenvalue weighted by molar-refractivity contribution is 5.60. The lowest BCUT2D eigenvalue weighted by atomic mass is 9.95. The van der Waals surface area contributed by atoms with Crippen LogP contribution < -0.4 is 0 Å². The van der Waals surface area contributed by atoms with E-state index >= 15 is 0 Å². The van der Waals surface area contributed by atoms with E-state index < -0.39 is 23.8 Å². The first-order valence-corrected chi connectivity index (χ1v) is 8.13. The molecular weight excluding hydrogens is 326 g/mol. The minimum atomic E-state index is -0.646. The lowest BCUT2D eigenvalue weighted by Crippen LogP contribution is -2.35. The van der Waals surface area contributed by atoms with Gasteiger partial charge in [-0.1, -0.05) is 12.1 Å². The maximum Gasteiger partial charge on any atom is 0.126 e. The van der Waals surface area contributed by atoms with E-state index in [0.717, 1.165) is 11.6 Å². The molecule has 0 saturated carbocycles. The average Bonchev–Trinajstić information content (AvgIpc) is 2.88. The van der Waals surface area contributed by atoms with E-state index in [2.05, 4.69) is 4.99 Å². The second kappa shape index (κ2) is 7.19. The van der Waals surface area contributed by atoms with Crippen molar-refractivity contribution in [1.82, 2.24) is 4.90 Å². The third-order valence-electron chi connectivity index (χ3n) is 4.25. The molecule has 0 fully saturated rings. The number of benzene rings is 2. The van der Waals surface area contributed by atoms with Gasteiger partial charge in [0.2, 0.25) is 0 Å². The highest BCUT2D eigenvalue weighted by Crippen LogP contribution is 2.33. The van der Waals surface area contributed by atoms with Gasteiger partial charge in [0.25, 0.3) is 0 Å². The molecule has 3 atom stereocenters. The van der Waals surface area contributed by atoms with Gasteiger partial charge in [-0.15, -0.1) is 0 Å². The zero-order chi connectivity index (χ0) is 18.0. The Balaban J connectivity index is 1.86. The molecule has 0 aromatic heterocycles. The summed E-state index contributed by atoms with van der Waals surface area (Å²) >= 11 is 0. The number of halogens is 2. The Kier molecular flexibility index (Phi) is 4.99. The number of aliphatic hydroxyl groups is 1. The standard InChI is InChI=1S/C19H20F2N2O2/c1-12(24)5-18-19(14-7-15(20)9-16(21)8-14)22-11-23(18)10-13-3-2-4-17(25)6-13/h2-4,6-9,11-12,18-19,24-25H,5,10H2,1H3. The van der Waals surface area contributed by atoms with Gasteiger partial charge in [-0.3, -0.25) is 4.99 Å². The van der Waals surface area contributed by atoms with E-state index in [0.29, 0.717) is 18.5 Å². The Morgan fingerprint density at radius 1 is 1.16 bits per heavy atom. The number of nitrogens with zero attached hydrogens (tertiary/aromatic N) is 2. The molecule has 0 radical (unpaired) electrons. The van der Waals surface area contributed by atoms with Crippen molar-refractivity contribution in [2.45, 2.75) is 38.1 Å². The summed E-state index contributed by atoms with van der Waals surface area (Å²) in [6, 6.07) is 9.56. The number of phenolic OH excluding ortho intramolecular Hbond substituents is 1. The summed E-state index contributed by atoms with van der Waals surface area (Å²) in [5.74, 6) is -1.12. The first kappa shape index (κ1) is 17.4. The van der Waals surface area contributed by atoms with Crippen molar-refractivity contribution in [3.63, 3.8) is 0 Å².